The van der Waals surface area contributed by atoms with E-state index in [-0.39, 0.29) is 0 Å². The fraction of sp³-hybridized carbons (Fsp3) is 0.600. The average Bonchev–Trinajstić information content (AvgIpc) is 2.32. The fourth-order valence-electron chi connectivity index (χ4n) is 1.50. The Morgan fingerprint density at radius 3 is 2.56 bits per heavy atom. The Kier molecular flexibility index (Phi) is 7.35. The summed E-state index contributed by atoms with van der Waals surface area (Å²) in [6, 6.07) is 6.69. The van der Waals surface area contributed by atoms with Crippen molar-refractivity contribution >= 4 is 27.7 Å². The van der Waals surface area contributed by atoms with E-state index < -0.39 is 0 Å². The van der Waals surface area contributed by atoms with Crippen LogP contribution in [0.25, 0.3) is 0 Å². The van der Waals surface area contributed by atoms with E-state index in [1.807, 2.05) is 11.8 Å². The smallest absolute Gasteiger partial charge is 0.0314 e. The Morgan fingerprint density at radius 1 is 1.28 bits per heavy atom. The third-order valence-electron chi connectivity index (χ3n) is 3.00. The quantitative estimate of drug-likeness (QED) is 0.552. The van der Waals surface area contributed by atoms with Crippen molar-refractivity contribution in [1.29, 1.82) is 0 Å². The first-order valence-corrected chi connectivity index (χ1v) is 8.37. The predicted molar refractivity (Wildman–Crippen MR) is 86.3 cm³/mol. The van der Waals surface area contributed by atoms with Crippen LogP contribution in [0.1, 0.15) is 39.7 Å². The molecule has 18 heavy (non-hydrogen) atoms. The Morgan fingerprint density at radius 2 is 2.00 bits per heavy atom. The number of hydrogen-bond donors (Lipinski definition) is 1. The van der Waals surface area contributed by atoms with Crippen LogP contribution in [0, 0.1) is 5.92 Å². The van der Waals surface area contributed by atoms with E-state index in [1.165, 1.54) is 21.4 Å². The maximum Gasteiger partial charge on any atom is 0.0314 e. The summed E-state index contributed by atoms with van der Waals surface area (Å²) < 4.78 is 1.22. The summed E-state index contributed by atoms with van der Waals surface area (Å²) in [7, 11) is 0. The lowest BCUT2D eigenvalue weighted by Crippen LogP contribution is -2.13. The Hall–Kier alpha value is 0.01000. The lowest BCUT2D eigenvalue weighted by Gasteiger charge is -2.16. The van der Waals surface area contributed by atoms with E-state index in [4.69, 9.17) is 0 Å². The second-order valence-electron chi connectivity index (χ2n) is 5.01. The highest BCUT2D eigenvalue weighted by Crippen LogP contribution is 2.33. The van der Waals surface area contributed by atoms with Crippen molar-refractivity contribution in [3.8, 4) is 0 Å². The van der Waals surface area contributed by atoms with Gasteiger partial charge in [-0.15, -0.1) is 11.8 Å². The summed E-state index contributed by atoms with van der Waals surface area (Å²) in [5.74, 6) is 0.702. The number of thioether (sulfide) groups is 1. The van der Waals surface area contributed by atoms with E-state index in [0.717, 1.165) is 13.1 Å². The van der Waals surface area contributed by atoms with Crippen molar-refractivity contribution in [2.45, 2.75) is 50.8 Å². The third-order valence-corrected chi connectivity index (χ3v) is 5.45. The molecule has 0 radical (unpaired) electrons. The van der Waals surface area contributed by atoms with Crippen LogP contribution in [0.2, 0.25) is 0 Å². The van der Waals surface area contributed by atoms with Crippen LogP contribution in [0.4, 0.5) is 0 Å². The molecule has 0 aliphatic heterocycles. The molecular formula is C15H24BrNS. The van der Waals surface area contributed by atoms with E-state index in [1.54, 1.807) is 0 Å². The Balaban J connectivity index is 2.62. The van der Waals surface area contributed by atoms with Crippen LogP contribution < -0.4 is 5.32 Å². The van der Waals surface area contributed by atoms with Crippen molar-refractivity contribution in [2.75, 3.05) is 6.54 Å². The summed E-state index contributed by atoms with van der Waals surface area (Å²) in [4.78, 5) is 1.34. The minimum atomic E-state index is 0.644. The molecule has 1 aromatic rings. The van der Waals surface area contributed by atoms with Gasteiger partial charge >= 0.3 is 0 Å². The van der Waals surface area contributed by atoms with Crippen molar-refractivity contribution in [2.24, 2.45) is 5.92 Å². The number of halogens is 1. The van der Waals surface area contributed by atoms with Gasteiger partial charge in [0.25, 0.3) is 0 Å². The predicted octanol–water partition coefficient (Wildman–Crippen LogP) is 5.09. The molecule has 0 heterocycles. The van der Waals surface area contributed by atoms with Crippen LogP contribution in [-0.2, 0) is 6.54 Å². The number of benzene rings is 1. The minimum absolute atomic E-state index is 0.644. The Bertz CT molecular complexity index is 366. The number of rotatable bonds is 7. The summed E-state index contributed by atoms with van der Waals surface area (Å²) in [5, 5.41) is 4.07. The normalized spacial score (nSPS) is 13.0. The first-order chi connectivity index (χ1) is 8.54. The van der Waals surface area contributed by atoms with Crippen molar-refractivity contribution in [1.82, 2.24) is 5.32 Å². The molecule has 0 aliphatic rings. The van der Waals surface area contributed by atoms with E-state index in [0.29, 0.717) is 11.2 Å². The fourth-order valence-corrected chi connectivity index (χ4v) is 3.19. The monoisotopic (exact) mass is 329 g/mol. The molecular weight excluding hydrogens is 306 g/mol. The van der Waals surface area contributed by atoms with Gasteiger partial charge in [0.15, 0.2) is 0 Å². The zero-order valence-electron chi connectivity index (χ0n) is 11.8. The third kappa shape index (κ3) is 5.33. The van der Waals surface area contributed by atoms with Crippen molar-refractivity contribution < 1.29 is 0 Å². The van der Waals surface area contributed by atoms with Gasteiger partial charge in [0, 0.05) is 21.2 Å². The molecule has 1 nitrogen and oxygen atoms in total. The van der Waals surface area contributed by atoms with E-state index in [9.17, 15) is 0 Å². The molecule has 0 amide bonds. The molecule has 0 aromatic heterocycles. The van der Waals surface area contributed by atoms with Crippen LogP contribution in [0.5, 0.6) is 0 Å². The second-order valence-corrected chi connectivity index (χ2v) is 7.28. The highest BCUT2D eigenvalue weighted by atomic mass is 79.9. The maximum absolute atomic E-state index is 3.69. The molecule has 1 aromatic carbocycles. The molecule has 0 aliphatic carbocycles. The topological polar surface area (TPSA) is 12.0 Å². The number of hydrogen-bond acceptors (Lipinski definition) is 2. The first kappa shape index (κ1) is 16.1. The molecule has 1 rings (SSSR count). The van der Waals surface area contributed by atoms with Gasteiger partial charge in [-0.2, -0.15) is 0 Å². The molecule has 0 saturated heterocycles. The van der Waals surface area contributed by atoms with Gasteiger partial charge in [-0.05, 0) is 52.5 Å². The van der Waals surface area contributed by atoms with Crippen molar-refractivity contribution in [3.05, 3.63) is 28.2 Å². The molecule has 1 unspecified atom stereocenters. The van der Waals surface area contributed by atoms with Gasteiger partial charge in [0.1, 0.15) is 0 Å². The summed E-state index contributed by atoms with van der Waals surface area (Å²) in [6.45, 7) is 11.1. The molecule has 0 saturated carbocycles. The highest BCUT2D eigenvalue weighted by molar-refractivity contribution is 9.10. The van der Waals surface area contributed by atoms with Gasteiger partial charge in [0.05, 0.1) is 0 Å². The maximum atomic E-state index is 3.69. The molecule has 1 N–H and O–H groups in total. The van der Waals surface area contributed by atoms with Gasteiger partial charge in [-0.25, -0.2) is 0 Å². The van der Waals surface area contributed by atoms with E-state index in [2.05, 4.69) is 67.1 Å². The van der Waals surface area contributed by atoms with Crippen LogP contribution in [-0.4, -0.2) is 11.8 Å². The largest absolute Gasteiger partial charge is 0.313 e. The molecule has 0 spiro atoms. The molecule has 3 heteroatoms. The zero-order valence-corrected chi connectivity index (χ0v) is 14.2. The number of nitrogens with one attached hydrogen (secondary N) is 1. The van der Waals surface area contributed by atoms with Gasteiger partial charge in [-0.1, -0.05) is 33.8 Å². The van der Waals surface area contributed by atoms with Crippen LogP contribution in [0.15, 0.2) is 27.6 Å². The lowest BCUT2D eigenvalue weighted by molar-refractivity contribution is 0.642. The molecule has 0 bridgehead atoms. The SMILES string of the molecule is CCCNCc1ccc(SC(C)C(C)C)c(Br)c1. The molecule has 1 atom stereocenters. The van der Waals surface area contributed by atoms with Crippen LogP contribution in [0.3, 0.4) is 0 Å². The van der Waals surface area contributed by atoms with Gasteiger partial charge in [0.2, 0.25) is 0 Å². The molecule has 0 fully saturated rings. The lowest BCUT2D eigenvalue weighted by atomic mass is 10.2. The summed E-state index contributed by atoms with van der Waals surface area (Å²) in [5.41, 5.74) is 1.34. The minimum Gasteiger partial charge on any atom is -0.313 e. The second kappa shape index (κ2) is 8.23. The first-order valence-electron chi connectivity index (χ1n) is 6.70. The summed E-state index contributed by atoms with van der Waals surface area (Å²) in [6.07, 6.45) is 1.18. The van der Waals surface area contributed by atoms with E-state index >= 15 is 0 Å². The zero-order chi connectivity index (χ0) is 13.5. The van der Waals surface area contributed by atoms with Crippen molar-refractivity contribution in [3.63, 3.8) is 0 Å². The molecule has 102 valence electrons. The summed E-state index contributed by atoms with van der Waals surface area (Å²) >= 11 is 5.63. The Labute approximate surface area is 124 Å². The van der Waals surface area contributed by atoms with Gasteiger partial charge in [-0.3, -0.25) is 0 Å². The standard InChI is InChI=1S/C15H24BrNS/c1-5-8-17-10-13-6-7-15(14(16)9-13)18-12(4)11(2)3/h6-7,9,11-12,17H,5,8,10H2,1-4H3. The van der Waals surface area contributed by atoms with Crippen LogP contribution >= 0.6 is 27.7 Å². The highest BCUT2D eigenvalue weighted by Gasteiger charge is 2.11. The van der Waals surface area contributed by atoms with Gasteiger partial charge < -0.3 is 5.32 Å². The average molecular weight is 330 g/mol.